The Morgan fingerprint density at radius 1 is 1.00 bits per heavy atom. The van der Waals surface area contributed by atoms with E-state index >= 15 is 0 Å². The number of carbonyl (C=O) groups is 1. The lowest BCUT2D eigenvalue weighted by Crippen LogP contribution is -2.29. The first-order chi connectivity index (χ1) is 14.2. The Bertz CT molecular complexity index is 1050. The van der Waals surface area contributed by atoms with E-state index in [2.05, 4.69) is 15.5 Å². The van der Waals surface area contributed by atoms with Crippen LogP contribution >= 0.6 is 0 Å². The van der Waals surface area contributed by atoms with Gasteiger partial charge in [-0.25, -0.2) is 0 Å². The first kappa shape index (κ1) is 18.7. The molecule has 0 saturated heterocycles. The summed E-state index contributed by atoms with van der Waals surface area (Å²) < 4.78 is 10.5. The van der Waals surface area contributed by atoms with E-state index in [-0.39, 0.29) is 18.4 Å². The van der Waals surface area contributed by atoms with Crippen molar-refractivity contribution in [2.24, 2.45) is 0 Å². The maximum Gasteiger partial charge on any atom is 0.238 e. The number of nitrogens with one attached hydrogen (secondary N) is 1. The SMILES string of the molecule is Cc1ccc([C@H](NC(=O)CCc2nc(-c3ccco3)no2)c2ccccc2)cc1. The molecule has 2 aromatic carbocycles. The number of rotatable bonds is 7. The predicted molar refractivity (Wildman–Crippen MR) is 108 cm³/mol. The number of aromatic nitrogens is 2. The van der Waals surface area contributed by atoms with Crippen LogP contribution in [0.3, 0.4) is 0 Å². The van der Waals surface area contributed by atoms with E-state index < -0.39 is 0 Å². The number of nitrogens with zero attached hydrogens (tertiary/aromatic N) is 2. The van der Waals surface area contributed by atoms with E-state index in [0.717, 1.165) is 11.1 Å². The fourth-order valence-electron chi connectivity index (χ4n) is 3.08. The number of carbonyl (C=O) groups excluding carboxylic acids is 1. The van der Waals surface area contributed by atoms with Gasteiger partial charge in [0.25, 0.3) is 0 Å². The van der Waals surface area contributed by atoms with E-state index in [4.69, 9.17) is 8.94 Å². The molecule has 0 bridgehead atoms. The highest BCUT2D eigenvalue weighted by atomic mass is 16.5. The molecular formula is C23H21N3O3. The van der Waals surface area contributed by atoms with Crippen molar-refractivity contribution in [2.45, 2.75) is 25.8 Å². The largest absolute Gasteiger partial charge is 0.461 e. The molecule has 0 unspecified atom stereocenters. The van der Waals surface area contributed by atoms with Gasteiger partial charge in [0.2, 0.25) is 17.6 Å². The highest BCUT2D eigenvalue weighted by Gasteiger charge is 2.18. The van der Waals surface area contributed by atoms with Crippen LogP contribution in [0.2, 0.25) is 0 Å². The lowest BCUT2D eigenvalue weighted by molar-refractivity contribution is -0.121. The molecule has 0 saturated carbocycles. The molecule has 29 heavy (non-hydrogen) atoms. The number of furan rings is 1. The average molecular weight is 387 g/mol. The third kappa shape index (κ3) is 4.60. The molecule has 1 amide bonds. The number of aryl methyl sites for hydroxylation is 2. The topological polar surface area (TPSA) is 81.2 Å². The second-order valence-corrected chi connectivity index (χ2v) is 6.81. The van der Waals surface area contributed by atoms with Gasteiger partial charge >= 0.3 is 0 Å². The zero-order chi connectivity index (χ0) is 20.1. The predicted octanol–water partition coefficient (Wildman–Crippen LogP) is 4.48. The minimum Gasteiger partial charge on any atom is -0.461 e. The maximum atomic E-state index is 12.7. The number of hydrogen-bond acceptors (Lipinski definition) is 5. The van der Waals surface area contributed by atoms with Crippen LogP contribution in [0.1, 0.15) is 35.0 Å². The van der Waals surface area contributed by atoms with E-state index in [1.807, 2.05) is 61.5 Å². The third-order valence-electron chi connectivity index (χ3n) is 4.62. The summed E-state index contributed by atoms with van der Waals surface area (Å²) in [6.45, 7) is 2.04. The van der Waals surface area contributed by atoms with Crippen LogP contribution in [-0.4, -0.2) is 16.0 Å². The van der Waals surface area contributed by atoms with Crippen molar-refractivity contribution in [2.75, 3.05) is 0 Å². The van der Waals surface area contributed by atoms with E-state index in [1.165, 1.54) is 5.56 Å². The van der Waals surface area contributed by atoms with Crippen molar-refractivity contribution in [3.63, 3.8) is 0 Å². The summed E-state index contributed by atoms with van der Waals surface area (Å²) in [6.07, 6.45) is 2.15. The Hall–Kier alpha value is -3.67. The molecule has 0 aliphatic heterocycles. The normalized spacial score (nSPS) is 11.9. The number of hydrogen-bond donors (Lipinski definition) is 1. The van der Waals surface area contributed by atoms with Crippen molar-refractivity contribution in [3.05, 3.63) is 95.6 Å². The second kappa shape index (κ2) is 8.56. The van der Waals surface area contributed by atoms with Crippen molar-refractivity contribution in [1.82, 2.24) is 15.5 Å². The fraction of sp³-hybridized carbons (Fsp3) is 0.174. The molecule has 4 rings (SSSR count). The summed E-state index contributed by atoms with van der Waals surface area (Å²) in [4.78, 5) is 16.9. The van der Waals surface area contributed by atoms with Crippen LogP contribution in [0.5, 0.6) is 0 Å². The Morgan fingerprint density at radius 3 is 2.48 bits per heavy atom. The van der Waals surface area contributed by atoms with Gasteiger partial charge in [-0.2, -0.15) is 4.98 Å². The number of amides is 1. The number of benzene rings is 2. The Balaban J connectivity index is 1.43. The van der Waals surface area contributed by atoms with Crippen LogP contribution in [0.15, 0.2) is 81.9 Å². The zero-order valence-corrected chi connectivity index (χ0v) is 16.0. The van der Waals surface area contributed by atoms with Gasteiger partial charge in [-0.05, 0) is 30.2 Å². The highest BCUT2D eigenvalue weighted by Crippen LogP contribution is 2.23. The standard InChI is InChI=1S/C23H21N3O3/c1-16-9-11-18(12-10-16)22(17-6-3-2-4-7-17)24-20(27)13-14-21-25-23(26-29-21)19-8-5-15-28-19/h2-12,15,22H,13-14H2,1H3,(H,24,27)/t22-/m1/s1. The van der Waals surface area contributed by atoms with Crippen molar-refractivity contribution < 1.29 is 13.7 Å². The summed E-state index contributed by atoms with van der Waals surface area (Å²) >= 11 is 0. The molecule has 0 aliphatic carbocycles. The highest BCUT2D eigenvalue weighted by molar-refractivity contribution is 5.77. The van der Waals surface area contributed by atoms with Crippen LogP contribution < -0.4 is 5.32 Å². The molecule has 146 valence electrons. The lowest BCUT2D eigenvalue weighted by Gasteiger charge is -2.20. The molecule has 1 N–H and O–H groups in total. The van der Waals surface area contributed by atoms with E-state index in [0.29, 0.717) is 23.9 Å². The van der Waals surface area contributed by atoms with Gasteiger partial charge in [0.15, 0.2) is 5.76 Å². The van der Waals surface area contributed by atoms with Gasteiger partial charge in [0, 0.05) is 12.8 Å². The van der Waals surface area contributed by atoms with Crippen LogP contribution in [0.25, 0.3) is 11.6 Å². The van der Waals surface area contributed by atoms with Crippen LogP contribution in [-0.2, 0) is 11.2 Å². The molecule has 4 aromatic rings. The Kier molecular flexibility index (Phi) is 5.52. The molecule has 6 nitrogen and oxygen atoms in total. The average Bonchev–Trinajstić information content (AvgIpc) is 3.44. The first-order valence-corrected chi connectivity index (χ1v) is 9.46. The maximum absolute atomic E-state index is 12.7. The van der Waals surface area contributed by atoms with Gasteiger partial charge in [0.1, 0.15) is 0 Å². The third-order valence-corrected chi connectivity index (χ3v) is 4.62. The van der Waals surface area contributed by atoms with Gasteiger partial charge in [-0.1, -0.05) is 65.3 Å². The Morgan fingerprint density at radius 2 is 1.76 bits per heavy atom. The quantitative estimate of drug-likeness (QED) is 0.506. The summed E-state index contributed by atoms with van der Waals surface area (Å²) in [5.74, 6) is 1.23. The first-order valence-electron chi connectivity index (χ1n) is 9.46. The summed E-state index contributed by atoms with van der Waals surface area (Å²) in [6, 6.07) is 21.4. The van der Waals surface area contributed by atoms with E-state index in [1.54, 1.807) is 18.4 Å². The lowest BCUT2D eigenvalue weighted by atomic mass is 9.97. The molecule has 0 aliphatic rings. The minimum absolute atomic E-state index is 0.0859. The molecule has 0 fully saturated rings. The minimum atomic E-state index is -0.217. The van der Waals surface area contributed by atoms with Crippen molar-refractivity contribution in [3.8, 4) is 11.6 Å². The second-order valence-electron chi connectivity index (χ2n) is 6.81. The van der Waals surface area contributed by atoms with Crippen LogP contribution in [0.4, 0.5) is 0 Å². The molecular weight excluding hydrogens is 366 g/mol. The molecule has 1 atom stereocenters. The fourth-order valence-corrected chi connectivity index (χ4v) is 3.08. The van der Waals surface area contributed by atoms with Gasteiger partial charge in [-0.15, -0.1) is 0 Å². The van der Waals surface area contributed by atoms with Gasteiger partial charge in [-0.3, -0.25) is 4.79 Å². The van der Waals surface area contributed by atoms with Crippen molar-refractivity contribution in [1.29, 1.82) is 0 Å². The van der Waals surface area contributed by atoms with E-state index in [9.17, 15) is 4.79 Å². The van der Waals surface area contributed by atoms with Gasteiger partial charge in [0.05, 0.1) is 12.3 Å². The molecule has 2 heterocycles. The van der Waals surface area contributed by atoms with Crippen LogP contribution in [0, 0.1) is 6.92 Å². The zero-order valence-electron chi connectivity index (χ0n) is 16.0. The molecule has 0 radical (unpaired) electrons. The smallest absolute Gasteiger partial charge is 0.238 e. The monoisotopic (exact) mass is 387 g/mol. The Labute approximate surface area is 168 Å². The van der Waals surface area contributed by atoms with Crippen molar-refractivity contribution >= 4 is 5.91 Å². The van der Waals surface area contributed by atoms with Gasteiger partial charge < -0.3 is 14.3 Å². The molecule has 6 heteroatoms. The summed E-state index contributed by atoms with van der Waals surface area (Å²) in [5.41, 5.74) is 3.24. The summed E-state index contributed by atoms with van der Waals surface area (Å²) in [7, 11) is 0. The molecule has 0 spiro atoms. The summed E-state index contributed by atoms with van der Waals surface area (Å²) in [5, 5.41) is 7.02. The molecule has 2 aromatic heterocycles.